The van der Waals surface area contributed by atoms with E-state index in [1.54, 1.807) is 0 Å². The fourth-order valence-corrected chi connectivity index (χ4v) is 3.39. The topological polar surface area (TPSA) is 60.5 Å². The Hall–Kier alpha value is -2.06. The molecular weight excluding hydrogens is 446 g/mol. The molecule has 1 aromatic carbocycles. The molecule has 0 spiro atoms. The number of alkyl halides is 2. The molecule has 1 saturated heterocycles. The molecule has 1 aliphatic heterocycles. The van der Waals surface area contributed by atoms with E-state index >= 15 is 0 Å². The Kier molecular flexibility index (Phi) is 8.10. The molecule has 2 aromatic rings. The highest BCUT2D eigenvalue weighted by Gasteiger charge is 2.49. The number of hydrogen-bond acceptors (Lipinski definition) is 4. The smallest absolute Gasteiger partial charge is 0.387 e. The maximum absolute atomic E-state index is 13.1. The highest BCUT2D eigenvalue weighted by Crippen LogP contribution is 2.39. The zero-order valence-corrected chi connectivity index (χ0v) is 18.4. The zero-order valence-electron chi connectivity index (χ0n) is 16.8. The molecule has 0 radical (unpaired) electrons. The van der Waals surface area contributed by atoms with Crippen molar-refractivity contribution in [3.05, 3.63) is 52.1 Å². The van der Waals surface area contributed by atoms with Crippen LogP contribution in [0.1, 0.15) is 44.7 Å². The summed E-state index contributed by atoms with van der Waals surface area (Å²) >= 11 is 3.16. The summed E-state index contributed by atoms with van der Waals surface area (Å²) in [5.74, 6) is -0.414. The molecule has 0 unspecified atom stereocenters. The lowest BCUT2D eigenvalue weighted by atomic mass is 9.74. The second kappa shape index (κ2) is 10.1. The second-order valence-corrected chi connectivity index (χ2v) is 7.57. The molecule has 0 bridgehead atoms. The number of aromatic nitrogens is 1. The Labute approximate surface area is 177 Å². The van der Waals surface area contributed by atoms with Gasteiger partial charge in [0.25, 0.3) is 0 Å². The van der Waals surface area contributed by atoms with Gasteiger partial charge in [-0.1, -0.05) is 52.0 Å². The first-order chi connectivity index (χ1) is 13.8. The maximum atomic E-state index is 13.1. The monoisotopic (exact) mass is 470 g/mol. The van der Waals surface area contributed by atoms with Gasteiger partial charge in [-0.15, -0.1) is 0 Å². The minimum absolute atomic E-state index is 0.0585. The highest BCUT2D eigenvalue weighted by atomic mass is 79.9. The molecule has 2 heterocycles. The third-order valence-corrected chi connectivity index (χ3v) is 4.93. The van der Waals surface area contributed by atoms with E-state index in [2.05, 4.69) is 44.8 Å². The van der Waals surface area contributed by atoms with E-state index in [4.69, 9.17) is 4.74 Å². The summed E-state index contributed by atoms with van der Waals surface area (Å²) in [7, 11) is 0. The standard InChI is InChI=1S/C19H19BrF2N2O3.C2H6/c1-11(2)13-5-3-4-6-14(13)19(9-26-10-19)17(25)24-16-15(27-18(21)22)7-12(20)8-23-16;1-2/h3-8,11,18H,9-10H2,1-2H3,(H,23,24,25);1-2H3. The van der Waals surface area contributed by atoms with Gasteiger partial charge in [-0.25, -0.2) is 4.98 Å². The minimum atomic E-state index is -3.03. The van der Waals surface area contributed by atoms with Crippen LogP contribution in [0.2, 0.25) is 0 Å². The molecule has 29 heavy (non-hydrogen) atoms. The first-order valence-corrected chi connectivity index (χ1v) is 10.2. The zero-order chi connectivity index (χ0) is 21.6. The van der Waals surface area contributed by atoms with Gasteiger partial charge in [-0.05, 0) is 33.0 Å². The van der Waals surface area contributed by atoms with Gasteiger partial charge in [0.05, 0.1) is 13.2 Å². The van der Waals surface area contributed by atoms with E-state index in [1.807, 2.05) is 38.1 Å². The molecule has 8 heteroatoms. The van der Waals surface area contributed by atoms with Gasteiger partial charge in [-0.3, -0.25) is 4.79 Å². The Morgan fingerprint density at radius 2 is 1.93 bits per heavy atom. The van der Waals surface area contributed by atoms with Gasteiger partial charge in [-0.2, -0.15) is 8.78 Å². The number of rotatable bonds is 6. The second-order valence-electron chi connectivity index (χ2n) is 6.65. The Balaban J connectivity index is 0.00000145. The number of ether oxygens (including phenoxy) is 2. The molecule has 0 aliphatic carbocycles. The van der Waals surface area contributed by atoms with E-state index in [0.29, 0.717) is 4.47 Å². The van der Waals surface area contributed by atoms with Gasteiger partial charge in [0.2, 0.25) is 5.91 Å². The third kappa shape index (κ3) is 5.11. The van der Waals surface area contributed by atoms with Crippen LogP contribution in [0.15, 0.2) is 41.0 Å². The number of benzene rings is 1. The fraction of sp³-hybridized carbons (Fsp3) is 0.429. The molecule has 1 amide bonds. The first kappa shape index (κ1) is 23.2. The quantitative estimate of drug-likeness (QED) is 0.605. The molecule has 1 aromatic heterocycles. The number of hydrogen-bond donors (Lipinski definition) is 1. The number of carbonyl (C=O) groups is 1. The van der Waals surface area contributed by atoms with Crippen LogP contribution in [0, 0.1) is 0 Å². The van der Waals surface area contributed by atoms with Crippen molar-refractivity contribution in [1.82, 2.24) is 4.98 Å². The lowest BCUT2D eigenvalue weighted by molar-refractivity contribution is -0.139. The van der Waals surface area contributed by atoms with Crippen molar-refractivity contribution in [3.63, 3.8) is 0 Å². The number of pyridine rings is 1. The average Bonchev–Trinajstić information content (AvgIpc) is 2.64. The van der Waals surface area contributed by atoms with Crippen LogP contribution in [0.5, 0.6) is 5.75 Å². The summed E-state index contributed by atoms with van der Waals surface area (Å²) in [5, 5.41) is 2.64. The van der Waals surface area contributed by atoms with Gasteiger partial charge in [0.1, 0.15) is 5.41 Å². The molecular formula is C21H25BrF2N2O3. The molecule has 0 saturated carbocycles. The Morgan fingerprint density at radius 3 is 2.48 bits per heavy atom. The maximum Gasteiger partial charge on any atom is 0.387 e. The first-order valence-electron chi connectivity index (χ1n) is 9.42. The summed E-state index contributed by atoms with van der Waals surface area (Å²) in [4.78, 5) is 17.1. The molecule has 0 atom stereocenters. The normalized spacial score (nSPS) is 14.7. The molecule has 158 valence electrons. The fourth-order valence-electron chi connectivity index (χ4n) is 3.08. The van der Waals surface area contributed by atoms with E-state index in [-0.39, 0.29) is 36.6 Å². The van der Waals surface area contributed by atoms with Crippen molar-refractivity contribution in [2.45, 2.75) is 45.6 Å². The van der Waals surface area contributed by atoms with Crippen LogP contribution in [0.3, 0.4) is 0 Å². The molecule has 1 aliphatic rings. The summed E-state index contributed by atoms with van der Waals surface area (Å²) < 4.78 is 35.7. The number of nitrogens with zero attached hydrogens (tertiary/aromatic N) is 1. The number of nitrogens with one attached hydrogen (secondary N) is 1. The van der Waals surface area contributed by atoms with Crippen LogP contribution in [-0.2, 0) is 14.9 Å². The number of halogens is 3. The molecule has 1 N–H and O–H groups in total. The SMILES string of the molecule is CC.CC(C)c1ccccc1C1(C(=O)Nc2ncc(Br)cc2OC(F)F)COC1. The van der Waals surface area contributed by atoms with E-state index in [0.717, 1.165) is 11.1 Å². The molecule has 3 rings (SSSR count). The van der Waals surface area contributed by atoms with Gasteiger partial charge in [0.15, 0.2) is 11.6 Å². The van der Waals surface area contributed by atoms with Crippen molar-refractivity contribution in [2.75, 3.05) is 18.5 Å². The van der Waals surface area contributed by atoms with Crippen LogP contribution in [0.25, 0.3) is 0 Å². The number of amides is 1. The molecule has 1 fully saturated rings. The predicted octanol–water partition coefficient (Wildman–Crippen LogP) is 5.50. The van der Waals surface area contributed by atoms with Crippen molar-refractivity contribution in [1.29, 1.82) is 0 Å². The summed E-state index contributed by atoms with van der Waals surface area (Å²) in [6, 6.07) is 9.02. The van der Waals surface area contributed by atoms with Crippen LogP contribution >= 0.6 is 15.9 Å². The Morgan fingerprint density at radius 1 is 1.28 bits per heavy atom. The van der Waals surface area contributed by atoms with Crippen molar-refractivity contribution in [2.24, 2.45) is 0 Å². The summed E-state index contributed by atoms with van der Waals surface area (Å²) in [6.07, 6.45) is 1.40. The van der Waals surface area contributed by atoms with E-state index in [9.17, 15) is 13.6 Å². The van der Waals surface area contributed by atoms with Crippen molar-refractivity contribution in [3.8, 4) is 5.75 Å². The van der Waals surface area contributed by atoms with Crippen LogP contribution < -0.4 is 10.1 Å². The third-order valence-electron chi connectivity index (χ3n) is 4.50. The lowest BCUT2D eigenvalue weighted by Gasteiger charge is -2.41. The molecule has 5 nitrogen and oxygen atoms in total. The van der Waals surface area contributed by atoms with Gasteiger partial charge >= 0.3 is 6.61 Å². The number of carbonyl (C=O) groups excluding carboxylic acids is 1. The highest BCUT2D eigenvalue weighted by molar-refractivity contribution is 9.10. The van der Waals surface area contributed by atoms with Gasteiger partial charge in [0, 0.05) is 16.7 Å². The number of anilines is 1. The minimum Gasteiger partial charge on any atom is -0.431 e. The van der Waals surface area contributed by atoms with Crippen LogP contribution in [-0.4, -0.2) is 30.7 Å². The lowest BCUT2D eigenvalue weighted by Crippen LogP contribution is -2.56. The van der Waals surface area contributed by atoms with E-state index < -0.39 is 12.0 Å². The average molecular weight is 471 g/mol. The predicted molar refractivity (Wildman–Crippen MR) is 112 cm³/mol. The summed E-state index contributed by atoms with van der Waals surface area (Å²) in [6.45, 7) is 5.50. The summed E-state index contributed by atoms with van der Waals surface area (Å²) in [5.41, 5.74) is 1.03. The van der Waals surface area contributed by atoms with Crippen molar-refractivity contribution < 1.29 is 23.0 Å². The van der Waals surface area contributed by atoms with Crippen LogP contribution in [0.4, 0.5) is 14.6 Å². The largest absolute Gasteiger partial charge is 0.431 e. The van der Waals surface area contributed by atoms with Crippen molar-refractivity contribution >= 4 is 27.7 Å². The Bertz CT molecular complexity index is 842. The van der Waals surface area contributed by atoms with E-state index in [1.165, 1.54) is 12.3 Å². The van der Waals surface area contributed by atoms with Gasteiger partial charge < -0.3 is 14.8 Å².